The van der Waals surface area contributed by atoms with Crippen LogP contribution in [-0.2, 0) is 0 Å². The van der Waals surface area contributed by atoms with E-state index in [0.29, 0.717) is 5.92 Å². The van der Waals surface area contributed by atoms with Gasteiger partial charge in [-0.15, -0.1) is 0 Å². The van der Waals surface area contributed by atoms with E-state index in [1.807, 2.05) is 0 Å². The Kier molecular flexibility index (Phi) is 3.49. The molecule has 3 nitrogen and oxygen atoms in total. The average molecular weight is 196 g/mol. The highest BCUT2D eigenvalue weighted by molar-refractivity contribution is 5.38. The lowest BCUT2D eigenvalue weighted by Gasteiger charge is -2.13. The second-order valence-corrected chi connectivity index (χ2v) is 3.50. The monoisotopic (exact) mass is 196 g/mol. The predicted molar refractivity (Wildman–Crippen MR) is 54.0 cm³/mol. The van der Waals surface area contributed by atoms with Gasteiger partial charge in [-0.25, -0.2) is 0 Å². The molecule has 0 saturated heterocycles. The van der Waals surface area contributed by atoms with E-state index in [1.165, 1.54) is 6.07 Å². The summed E-state index contributed by atoms with van der Waals surface area (Å²) in [6.45, 7) is 4.12. The molecule has 14 heavy (non-hydrogen) atoms. The van der Waals surface area contributed by atoms with E-state index in [4.69, 9.17) is 10.2 Å². The van der Waals surface area contributed by atoms with Crippen LogP contribution in [0.5, 0.6) is 5.75 Å². The van der Waals surface area contributed by atoms with Crippen molar-refractivity contribution in [3.8, 4) is 5.75 Å². The Balaban J connectivity index is 3.06. The zero-order valence-electron chi connectivity index (χ0n) is 8.44. The molecule has 1 aromatic rings. The van der Waals surface area contributed by atoms with Crippen LogP contribution in [0.2, 0.25) is 0 Å². The zero-order valence-corrected chi connectivity index (χ0v) is 8.44. The molecule has 3 N–H and O–H groups in total. The molecule has 1 unspecified atom stereocenters. The van der Waals surface area contributed by atoms with Gasteiger partial charge in [0, 0.05) is 5.56 Å². The third-order valence-corrected chi connectivity index (χ3v) is 2.51. The highest BCUT2D eigenvalue weighted by atomic mass is 16.5. The maximum absolute atomic E-state index is 9.34. The normalized spacial score (nSPS) is 13.2. The second kappa shape index (κ2) is 4.44. The van der Waals surface area contributed by atoms with Gasteiger partial charge in [0.25, 0.3) is 0 Å². The Morgan fingerprint density at radius 1 is 1.29 bits per heavy atom. The Bertz CT molecular complexity index is 307. The van der Waals surface area contributed by atoms with E-state index in [1.54, 1.807) is 12.1 Å². The van der Waals surface area contributed by atoms with Crippen molar-refractivity contribution in [2.24, 2.45) is 0 Å². The Labute approximate surface area is 83.6 Å². The number of rotatable bonds is 3. The minimum absolute atomic E-state index is 0.0768. The number of benzene rings is 1. The summed E-state index contributed by atoms with van der Waals surface area (Å²) in [6.07, 6.45) is -0.634. The van der Waals surface area contributed by atoms with Crippen molar-refractivity contribution >= 4 is 0 Å². The Morgan fingerprint density at radius 3 is 2.43 bits per heavy atom. The van der Waals surface area contributed by atoms with E-state index in [2.05, 4.69) is 13.8 Å². The van der Waals surface area contributed by atoms with Crippen molar-refractivity contribution in [1.82, 2.24) is 0 Å². The van der Waals surface area contributed by atoms with Crippen LogP contribution in [-0.4, -0.2) is 15.3 Å². The van der Waals surface area contributed by atoms with Crippen LogP contribution in [0.3, 0.4) is 0 Å². The molecule has 0 aliphatic rings. The van der Waals surface area contributed by atoms with Gasteiger partial charge >= 0.3 is 0 Å². The van der Waals surface area contributed by atoms with E-state index < -0.39 is 6.29 Å². The highest BCUT2D eigenvalue weighted by Crippen LogP contribution is 2.28. The fraction of sp³-hybridized carbons (Fsp3) is 0.455. The summed E-state index contributed by atoms with van der Waals surface area (Å²) in [6, 6.07) is 4.93. The van der Waals surface area contributed by atoms with Crippen LogP contribution in [0.25, 0.3) is 0 Å². The molecule has 0 aliphatic carbocycles. The maximum Gasteiger partial charge on any atom is 0.182 e. The standard InChI is InChI=1S/C11H16O3/c1-3-7(2)8-4-5-10(12)9(6-8)11(13)14/h4-7,11-14H,3H2,1-2H3. The molecular formula is C11H16O3. The third-order valence-electron chi connectivity index (χ3n) is 2.51. The molecule has 0 aromatic heterocycles. The van der Waals surface area contributed by atoms with Gasteiger partial charge in [-0.1, -0.05) is 19.9 Å². The molecule has 0 spiro atoms. The minimum Gasteiger partial charge on any atom is -0.507 e. The number of phenols is 1. The minimum atomic E-state index is -1.61. The Hall–Kier alpha value is -1.06. The predicted octanol–water partition coefficient (Wildman–Crippen LogP) is 1.89. The zero-order chi connectivity index (χ0) is 10.7. The van der Waals surface area contributed by atoms with Crippen LogP contribution in [0.4, 0.5) is 0 Å². The fourth-order valence-corrected chi connectivity index (χ4v) is 1.32. The molecule has 0 amide bonds. The van der Waals surface area contributed by atoms with Gasteiger partial charge in [-0.05, 0) is 30.0 Å². The molecule has 78 valence electrons. The first kappa shape index (κ1) is 11.0. The lowest BCUT2D eigenvalue weighted by molar-refractivity contribution is -0.0439. The SMILES string of the molecule is CCC(C)c1ccc(O)c(C(O)O)c1. The van der Waals surface area contributed by atoms with Crippen LogP contribution in [0.1, 0.15) is 43.6 Å². The first-order valence-electron chi connectivity index (χ1n) is 4.75. The van der Waals surface area contributed by atoms with Crippen LogP contribution in [0.15, 0.2) is 18.2 Å². The molecule has 3 heteroatoms. The van der Waals surface area contributed by atoms with Gasteiger partial charge in [0.1, 0.15) is 5.75 Å². The van der Waals surface area contributed by atoms with Gasteiger partial charge in [0.05, 0.1) is 0 Å². The first-order chi connectivity index (χ1) is 6.56. The summed E-state index contributed by atoms with van der Waals surface area (Å²) >= 11 is 0. The molecule has 0 bridgehead atoms. The van der Waals surface area contributed by atoms with Crippen molar-refractivity contribution in [3.63, 3.8) is 0 Å². The Morgan fingerprint density at radius 2 is 1.93 bits per heavy atom. The number of aromatic hydroxyl groups is 1. The number of hydrogen-bond donors (Lipinski definition) is 3. The van der Waals surface area contributed by atoms with Gasteiger partial charge in [-0.2, -0.15) is 0 Å². The summed E-state index contributed by atoms with van der Waals surface area (Å²) in [5, 5.41) is 27.3. The van der Waals surface area contributed by atoms with Crippen molar-refractivity contribution in [2.45, 2.75) is 32.5 Å². The van der Waals surface area contributed by atoms with E-state index in [0.717, 1.165) is 12.0 Å². The van der Waals surface area contributed by atoms with E-state index in [9.17, 15) is 5.11 Å². The molecule has 1 aromatic carbocycles. The van der Waals surface area contributed by atoms with Crippen LogP contribution in [0, 0.1) is 0 Å². The van der Waals surface area contributed by atoms with Gasteiger partial charge < -0.3 is 15.3 Å². The smallest absolute Gasteiger partial charge is 0.182 e. The number of aliphatic hydroxyl groups is 2. The quantitative estimate of drug-likeness (QED) is 0.647. The average Bonchev–Trinajstić information content (AvgIpc) is 2.17. The van der Waals surface area contributed by atoms with Crippen molar-refractivity contribution in [2.75, 3.05) is 0 Å². The molecule has 0 heterocycles. The lowest BCUT2D eigenvalue weighted by atomic mass is 9.96. The summed E-state index contributed by atoms with van der Waals surface area (Å²) in [7, 11) is 0. The molecule has 1 rings (SSSR count). The summed E-state index contributed by atoms with van der Waals surface area (Å²) in [4.78, 5) is 0. The fourth-order valence-electron chi connectivity index (χ4n) is 1.32. The molecule has 0 radical (unpaired) electrons. The third kappa shape index (κ3) is 2.25. The molecular weight excluding hydrogens is 180 g/mol. The number of aliphatic hydroxyl groups excluding tert-OH is 1. The molecule has 0 aliphatic heterocycles. The second-order valence-electron chi connectivity index (χ2n) is 3.50. The van der Waals surface area contributed by atoms with E-state index >= 15 is 0 Å². The maximum atomic E-state index is 9.34. The summed E-state index contributed by atoms with van der Waals surface area (Å²) in [5.74, 6) is 0.278. The van der Waals surface area contributed by atoms with Gasteiger partial charge in [-0.3, -0.25) is 0 Å². The summed E-state index contributed by atoms with van der Waals surface area (Å²) < 4.78 is 0. The highest BCUT2D eigenvalue weighted by Gasteiger charge is 2.11. The van der Waals surface area contributed by atoms with Crippen molar-refractivity contribution < 1.29 is 15.3 Å². The number of hydrogen-bond acceptors (Lipinski definition) is 3. The topological polar surface area (TPSA) is 60.7 Å². The van der Waals surface area contributed by atoms with Gasteiger partial charge in [0.15, 0.2) is 6.29 Å². The van der Waals surface area contributed by atoms with Crippen molar-refractivity contribution in [1.29, 1.82) is 0 Å². The molecule has 0 saturated carbocycles. The summed E-state index contributed by atoms with van der Waals surface area (Å²) in [5.41, 5.74) is 1.18. The number of phenolic OH excluding ortho intramolecular Hbond substituents is 1. The largest absolute Gasteiger partial charge is 0.507 e. The van der Waals surface area contributed by atoms with E-state index in [-0.39, 0.29) is 11.3 Å². The van der Waals surface area contributed by atoms with Crippen LogP contribution >= 0.6 is 0 Å². The first-order valence-corrected chi connectivity index (χ1v) is 4.75. The molecule has 0 fully saturated rings. The van der Waals surface area contributed by atoms with Crippen LogP contribution < -0.4 is 0 Å². The lowest BCUT2D eigenvalue weighted by Crippen LogP contribution is -1.99. The molecule has 1 atom stereocenters. The van der Waals surface area contributed by atoms with Gasteiger partial charge in [0.2, 0.25) is 0 Å². The van der Waals surface area contributed by atoms with Crippen molar-refractivity contribution in [3.05, 3.63) is 29.3 Å².